The second kappa shape index (κ2) is 10.2. The summed E-state index contributed by atoms with van der Waals surface area (Å²) in [4.78, 5) is 0. The van der Waals surface area contributed by atoms with Gasteiger partial charge in [0, 0.05) is 0 Å². The minimum absolute atomic E-state index is 0.291. The Hall–Kier alpha value is -0.570. The molecular weight excluding hydrogens is 263 g/mol. The first-order valence-electron chi connectivity index (χ1n) is 6.82. The zero-order valence-electron chi connectivity index (χ0n) is 12.6. The van der Waals surface area contributed by atoms with Crippen molar-refractivity contribution in [1.29, 1.82) is 0 Å². The van der Waals surface area contributed by atoms with Crippen LogP contribution in [0.15, 0.2) is 24.5 Å². The molecule has 4 nitrogen and oxygen atoms in total. The molecule has 0 aromatic rings. The Morgan fingerprint density at radius 1 is 1.32 bits per heavy atom. The maximum Gasteiger partial charge on any atom is 0.529 e. The molecule has 0 radical (unpaired) electrons. The number of phosphoric ester groups is 1. The van der Waals surface area contributed by atoms with Gasteiger partial charge < -0.3 is 4.52 Å². The second-order valence-electron chi connectivity index (χ2n) is 4.54. The third-order valence-corrected chi connectivity index (χ3v) is 3.96. The van der Waals surface area contributed by atoms with Gasteiger partial charge in [-0.25, -0.2) is 4.57 Å². The molecule has 0 aromatic carbocycles. The van der Waals surface area contributed by atoms with Gasteiger partial charge in [0.2, 0.25) is 0 Å². The Morgan fingerprint density at radius 2 is 1.89 bits per heavy atom. The monoisotopic (exact) mass is 290 g/mol. The number of hydrogen-bond acceptors (Lipinski definition) is 4. The molecule has 0 aromatic heterocycles. The smallest absolute Gasteiger partial charge is 0.412 e. The highest BCUT2D eigenvalue weighted by molar-refractivity contribution is 7.48. The van der Waals surface area contributed by atoms with Crippen molar-refractivity contribution in [3.05, 3.63) is 24.5 Å². The van der Waals surface area contributed by atoms with Gasteiger partial charge in [0.1, 0.15) is 0 Å². The number of rotatable bonds is 11. The summed E-state index contributed by atoms with van der Waals surface area (Å²) in [5.74, 6) is 0.357. The molecule has 19 heavy (non-hydrogen) atoms. The summed E-state index contributed by atoms with van der Waals surface area (Å²) in [6.07, 6.45) is 6.48. The summed E-state index contributed by atoms with van der Waals surface area (Å²) in [6, 6.07) is 0. The molecule has 0 saturated heterocycles. The molecule has 0 fully saturated rings. The van der Waals surface area contributed by atoms with E-state index in [1.54, 1.807) is 13.8 Å². The van der Waals surface area contributed by atoms with Crippen molar-refractivity contribution in [2.45, 2.75) is 47.0 Å². The summed E-state index contributed by atoms with van der Waals surface area (Å²) < 4.78 is 27.1. The van der Waals surface area contributed by atoms with Crippen LogP contribution < -0.4 is 0 Å². The van der Waals surface area contributed by atoms with Crippen molar-refractivity contribution in [2.75, 3.05) is 13.2 Å². The van der Waals surface area contributed by atoms with E-state index in [0.29, 0.717) is 19.1 Å². The van der Waals surface area contributed by atoms with Crippen LogP contribution in [0.3, 0.4) is 0 Å². The van der Waals surface area contributed by atoms with Gasteiger partial charge in [0.25, 0.3) is 0 Å². The maximum atomic E-state index is 12.0. The topological polar surface area (TPSA) is 44.8 Å². The lowest BCUT2D eigenvalue weighted by molar-refractivity contribution is 0.153. The van der Waals surface area contributed by atoms with E-state index >= 15 is 0 Å². The van der Waals surface area contributed by atoms with E-state index in [-0.39, 0.29) is 0 Å². The van der Waals surface area contributed by atoms with Crippen LogP contribution in [-0.4, -0.2) is 13.2 Å². The summed E-state index contributed by atoms with van der Waals surface area (Å²) >= 11 is 0. The molecular formula is C14H27O4P. The first-order valence-corrected chi connectivity index (χ1v) is 8.28. The van der Waals surface area contributed by atoms with E-state index < -0.39 is 7.82 Å². The Morgan fingerprint density at radius 3 is 2.37 bits per heavy atom. The van der Waals surface area contributed by atoms with Gasteiger partial charge in [0.15, 0.2) is 0 Å². The summed E-state index contributed by atoms with van der Waals surface area (Å²) in [5.41, 5.74) is 1.20. The van der Waals surface area contributed by atoms with E-state index in [1.165, 1.54) is 11.8 Å². The van der Waals surface area contributed by atoms with Gasteiger partial charge in [-0.05, 0) is 52.0 Å². The molecule has 0 heterocycles. The molecule has 1 atom stereocenters. The highest BCUT2D eigenvalue weighted by Gasteiger charge is 2.24. The third-order valence-electron chi connectivity index (χ3n) is 2.43. The fourth-order valence-corrected chi connectivity index (χ4v) is 2.53. The van der Waals surface area contributed by atoms with Crippen LogP contribution in [0.5, 0.6) is 0 Å². The van der Waals surface area contributed by atoms with Gasteiger partial charge >= 0.3 is 7.82 Å². The van der Waals surface area contributed by atoms with Crippen LogP contribution >= 0.6 is 7.82 Å². The second-order valence-corrected chi connectivity index (χ2v) is 6.16. The lowest BCUT2D eigenvalue weighted by atomic mass is 10.0. The van der Waals surface area contributed by atoms with Crippen molar-refractivity contribution in [3.63, 3.8) is 0 Å². The third kappa shape index (κ3) is 9.94. The van der Waals surface area contributed by atoms with Crippen LogP contribution in [0.2, 0.25) is 0 Å². The fraction of sp³-hybridized carbons (Fsp3) is 0.714. The summed E-state index contributed by atoms with van der Waals surface area (Å²) in [5, 5.41) is 0. The molecule has 0 spiro atoms. The fourth-order valence-electron chi connectivity index (χ4n) is 1.48. The zero-order valence-corrected chi connectivity index (χ0v) is 13.4. The van der Waals surface area contributed by atoms with Gasteiger partial charge in [-0.15, -0.1) is 6.58 Å². The SMILES string of the molecule is C=C(C)CCCC(C)/C=C/OP(=O)(OCC)OCC. The summed E-state index contributed by atoms with van der Waals surface area (Å²) in [7, 11) is -3.42. The van der Waals surface area contributed by atoms with Gasteiger partial charge in [-0.3, -0.25) is 9.05 Å². The number of phosphoric acid groups is 1. The molecule has 0 bridgehead atoms. The van der Waals surface area contributed by atoms with Crippen LogP contribution in [0.1, 0.15) is 47.0 Å². The molecule has 0 amide bonds. The molecule has 5 heteroatoms. The lowest BCUT2D eigenvalue weighted by Gasteiger charge is -2.14. The van der Waals surface area contributed by atoms with Crippen molar-refractivity contribution in [2.24, 2.45) is 5.92 Å². The maximum absolute atomic E-state index is 12.0. The zero-order chi connectivity index (χ0) is 14.7. The average Bonchev–Trinajstić information content (AvgIpc) is 2.28. The number of hydrogen-bond donors (Lipinski definition) is 0. The minimum Gasteiger partial charge on any atom is -0.412 e. The van der Waals surface area contributed by atoms with Crippen LogP contribution in [0, 0.1) is 5.92 Å². The Bertz CT molecular complexity index is 315. The normalized spacial score (nSPS) is 13.7. The largest absolute Gasteiger partial charge is 0.529 e. The standard InChI is InChI=1S/C14H27O4P/c1-6-16-19(15,17-7-2)18-12-11-14(5)10-8-9-13(3)4/h11-12,14H,3,6-10H2,1-2,4-5H3/b12-11+. The number of allylic oxidation sites excluding steroid dienone is 2. The van der Waals surface area contributed by atoms with Crippen LogP contribution in [0.25, 0.3) is 0 Å². The van der Waals surface area contributed by atoms with Crippen LogP contribution in [-0.2, 0) is 18.1 Å². The Labute approximate surface area is 117 Å². The Kier molecular flexibility index (Phi) is 9.94. The molecule has 0 saturated carbocycles. The quantitative estimate of drug-likeness (QED) is 0.302. The molecule has 1 unspecified atom stereocenters. The Balaban J connectivity index is 4.09. The first kappa shape index (κ1) is 18.4. The predicted molar refractivity (Wildman–Crippen MR) is 78.9 cm³/mol. The van der Waals surface area contributed by atoms with Crippen molar-refractivity contribution in [1.82, 2.24) is 0 Å². The molecule has 0 aliphatic heterocycles. The molecule has 0 N–H and O–H groups in total. The van der Waals surface area contributed by atoms with Gasteiger partial charge in [-0.1, -0.05) is 12.5 Å². The van der Waals surface area contributed by atoms with E-state index in [1.807, 2.05) is 13.0 Å². The van der Waals surface area contributed by atoms with Crippen LogP contribution in [0.4, 0.5) is 0 Å². The van der Waals surface area contributed by atoms with Crippen molar-refractivity contribution >= 4 is 7.82 Å². The van der Waals surface area contributed by atoms with Crippen molar-refractivity contribution in [3.8, 4) is 0 Å². The first-order chi connectivity index (χ1) is 8.93. The van der Waals surface area contributed by atoms with Crippen molar-refractivity contribution < 1.29 is 18.1 Å². The molecule has 0 aliphatic carbocycles. The highest BCUT2D eigenvalue weighted by Crippen LogP contribution is 2.49. The van der Waals surface area contributed by atoms with E-state index in [4.69, 9.17) is 13.6 Å². The minimum atomic E-state index is -3.42. The molecule has 0 aliphatic rings. The van der Waals surface area contributed by atoms with E-state index in [0.717, 1.165) is 19.3 Å². The van der Waals surface area contributed by atoms with E-state index in [2.05, 4.69) is 13.5 Å². The van der Waals surface area contributed by atoms with E-state index in [9.17, 15) is 4.57 Å². The average molecular weight is 290 g/mol. The van der Waals surface area contributed by atoms with Gasteiger partial charge in [-0.2, -0.15) is 0 Å². The predicted octanol–water partition coefficient (Wildman–Crippen LogP) is 5.08. The van der Waals surface area contributed by atoms with Gasteiger partial charge in [0.05, 0.1) is 19.5 Å². The molecule has 0 rings (SSSR count). The lowest BCUT2D eigenvalue weighted by Crippen LogP contribution is -1.97. The molecule has 112 valence electrons. The summed E-state index contributed by atoms with van der Waals surface area (Å²) in [6.45, 7) is 12.1. The highest BCUT2D eigenvalue weighted by atomic mass is 31.2.